The highest BCUT2D eigenvalue weighted by Crippen LogP contribution is 2.36. The number of halogens is 2. The Balaban J connectivity index is 2.92. The molecular formula is C10H14Cl2O2. The lowest BCUT2D eigenvalue weighted by Crippen LogP contribution is -2.25. The molecular weight excluding hydrogens is 223 g/mol. The number of hydrogen-bond donors (Lipinski definition) is 0. The van der Waals surface area contributed by atoms with Gasteiger partial charge in [-0.3, -0.25) is 0 Å². The van der Waals surface area contributed by atoms with E-state index in [1.165, 1.54) is 0 Å². The van der Waals surface area contributed by atoms with Gasteiger partial charge in [-0.05, 0) is 18.6 Å². The molecule has 0 saturated carbocycles. The quantitative estimate of drug-likeness (QED) is 0.700. The van der Waals surface area contributed by atoms with Crippen molar-refractivity contribution in [3.63, 3.8) is 0 Å². The molecule has 0 radical (unpaired) electrons. The third kappa shape index (κ3) is 2.18. The number of ether oxygens (including phenoxy) is 2. The lowest BCUT2D eigenvalue weighted by atomic mass is 9.84. The highest BCUT2D eigenvalue weighted by atomic mass is 35.5. The number of hydrogen-bond acceptors (Lipinski definition) is 2. The molecule has 0 unspecified atom stereocenters. The fraction of sp³-hybridized carbons (Fsp3) is 0.600. The third-order valence-corrected chi connectivity index (χ3v) is 3.41. The van der Waals surface area contributed by atoms with Crippen LogP contribution >= 0.6 is 23.2 Å². The summed E-state index contributed by atoms with van der Waals surface area (Å²) in [7, 11) is 3.23. The summed E-state index contributed by atoms with van der Waals surface area (Å²) in [6.07, 6.45) is 4.70. The molecule has 4 heteroatoms. The largest absolute Gasteiger partial charge is 0.493 e. The van der Waals surface area contributed by atoms with Crippen LogP contribution in [0.3, 0.4) is 0 Å². The van der Waals surface area contributed by atoms with Crippen LogP contribution in [-0.4, -0.2) is 26.0 Å². The van der Waals surface area contributed by atoms with Gasteiger partial charge >= 0.3 is 0 Å². The van der Waals surface area contributed by atoms with Crippen LogP contribution < -0.4 is 0 Å². The highest BCUT2D eigenvalue weighted by Gasteiger charge is 2.30. The maximum absolute atomic E-state index is 5.90. The van der Waals surface area contributed by atoms with Crippen molar-refractivity contribution in [1.82, 2.24) is 0 Å². The summed E-state index contributed by atoms with van der Waals surface area (Å²) in [4.78, 5) is 0. The van der Waals surface area contributed by atoms with Gasteiger partial charge < -0.3 is 9.47 Å². The summed E-state index contributed by atoms with van der Waals surface area (Å²) in [5, 5.41) is 0. The molecule has 1 aliphatic carbocycles. The molecule has 0 aromatic carbocycles. The summed E-state index contributed by atoms with van der Waals surface area (Å²) in [6, 6.07) is 0. The highest BCUT2D eigenvalue weighted by molar-refractivity contribution is 6.21. The van der Waals surface area contributed by atoms with Crippen molar-refractivity contribution in [2.75, 3.05) is 26.0 Å². The molecule has 1 rings (SSSR count). The van der Waals surface area contributed by atoms with Gasteiger partial charge in [-0.1, -0.05) is 0 Å². The summed E-state index contributed by atoms with van der Waals surface area (Å²) in [5.41, 5.74) is -0.198. The van der Waals surface area contributed by atoms with E-state index in [1.807, 2.05) is 12.2 Å². The van der Waals surface area contributed by atoms with Crippen LogP contribution in [-0.2, 0) is 9.47 Å². The summed E-state index contributed by atoms with van der Waals surface area (Å²) in [6.45, 7) is 0. The predicted octanol–water partition coefficient (Wildman–Crippen LogP) is 2.91. The Morgan fingerprint density at radius 2 is 1.79 bits per heavy atom. The van der Waals surface area contributed by atoms with Gasteiger partial charge in [0.1, 0.15) is 0 Å². The van der Waals surface area contributed by atoms with Gasteiger partial charge in [-0.15, -0.1) is 23.2 Å². The van der Waals surface area contributed by atoms with Crippen molar-refractivity contribution in [2.45, 2.75) is 6.42 Å². The van der Waals surface area contributed by atoms with Crippen molar-refractivity contribution in [3.8, 4) is 0 Å². The van der Waals surface area contributed by atoms with Gasteiger partial charge in [0.15, 0.2) is 11.5 Å². The van der Waals surface area contributed by atoms with E-state index in [-0.39, 0.29) is 5.41 Å². The van der Waals surface area contributed by atoms with Crippen LogP contribution in [0.1, 0.15) is 6.42 Å². The first-order chi connectivity index (χ1) is 6.71. The van der Waals surface area contributed by atoms with E-state index in [0.717, 1.165) is 12.2 Å². The Bertz CT molecular complexity index is 255. The van der Waals surface area contributed by atoms with E-state index >= 15 is 0 Å². The molecule has 0 atom stereocenters. The molecule has 0 aliphatic heterocycles. The lowest BCUT2D eigenvalue weighted by molar-refractivity contribution is 0.206. The fourth-order valence-corrected chi connectivity index (χ4v) is 2.03. The SMILES string of the molecule is COC1=CCC(CCl)(CCl)C=C1OC. The molecule has 2 nitrogen and oxygen atoms in total. The van der Waals surface area contributed by atoms with Gasteiger partial charge in [0.25, 0.3) is 0 Å². The van der Waals surface area contributed by atoms with Gasteiger partial charge in [-0.2, -0.15) is 0 Å². The Morgan fingerprint density at radius 3 is 2.21 bits per heavy atom. The Kier molecular flexibility index (Phi) is 4.14. The second-order valence-electron chi connectivity index (χ2n) is 3.32. The second kappa shape index (κ2) is 4.94. The normalized spacial score (nSPS) is 19.7. The zero-order valence-corrected chi connectivity index (χ0v) is 9.86. The van der Waals surface area contributed by atoms with Crippen LogP contribution in [0.2, 0.25) is 0 Å². The molecule has 0 aromatic heterocycles. The Morgan fingerprint density at radius 1 is 1.21 bits per heavy atom. The van der Waals surface area contributed by atoms with Crippen molar-refractivity contribution in [2.24, 2.45) is 5.41 Å². The van der Waals surface area contributed by atoms with Crippen LogP contribution in [0.15, 0.2) is 23.7 Å². The molecule has 14 heavy (non-hydrogen) atoms. The first-order valence-electron chi connectivity index (χ1n) is 4.34. The number of allylic oxidation sites excluding steroid dienone is 2. The lowest BCUT2D eigenvalue weighted by Gasteiger charge is -2.29. The Hall–Kier alpha value is -0.340. The number of methoxy groups -OCH3 is 2. The van der Waals surface area contributed by atoms with E-state index in [9.17, 15) is 0 Å². The van der Waals surface area contributed by atoms with E-state index in [0.29, 0.717) is 17.5 Å². The fourth-order valence-electron chi connectivity index (χ4n) is 1.37. The average Bonchev–Trinajstić information content (AvgIpc) is 2.28. The van der Waals surface area contributed by atoms with Crippen molar-refractivity contribution >= 4 is 23.2 Å². The maximum Gasteiger partial charge on any atom is 0.157 e. The molecule has 0 spiro atoms. The summed E-state index contributed by atoms with van der Waals surface area (Å²) >= 11 is 11.8. The van der Waals surface area contributed by atoms with E-state index < -0.39 is 0 Å². The third-order valence-electron chi connectivity index (χ3n) is 2.35. The van der Waals surface area contributed by atoms with Gasteiger partial charge in [-0.25, -0.2) is 0 Å². The second-order valence-corrected chi connectivity index (χ2v) is 3.85. The molecule has 0 heterocycles. The molecule has 0 saturated heterocycles. The monoisotopic (exact) mass is 236 g/mol. The molecule has 80 valence electrons. The van der Waals surface area contributed by atoms with E-state index in [1.54, 1.807) is 14.2 Å². The summed E-state index contributed by atoms with van der Waals surface area (Å²) < 4.78 is 10.4. The molecule has 0 aromatic rings. The van der Waals surface area contributed by atoms with E-state index in [2.05, 4.69) is 0 Å². The van der Waals surface area contributed by atoms with Crippen LogP contribution in [0.5, 0.6) is 0 Å². The van der Waals surface area contributed by atoms with Crippen molar-refractivity contribution < 1.29 is 9.47 Å². The van der Waals surface area contributed by atoms with Gasteiger partial charge in [0.05, 0.1) is 14.2 Å². The first kappa shape index (κ1) is 11.7. The number of rotatable bonds is 4. The van der Waals surface area contributed by atoms with E-state index in [4.69, 9.17) is 32.7 Å². The topological polar surface area (TPSA) is 18.5 Å². The zero-order valence-electron chi connectivity index (χ0n) is 8.35. The van der Waals surface area contributed by atoms with Crippen molar-refractivity contribution in [3.05, 3.63) is 23.7 Å². The maximum atomic E-state index is 5.90. The minimum atomic E-state index is -0.198. The van der Waals surface area contributed by atoms with Crippen molar-refractivity contribution in [1.29, 1.82) is 0 Å². The van der Waals surface area contributed by atoms with Gasteiger partial charge in [0.2, 0.25) is 0 Å². The summed E-state index contributed by atoms with van der Waals surface area (Å²) in [5.74, 6) is 2.42. The Labute approximate surface area is 94.5 Å². The molecule has 0 bridgehead atoms. The minimum absolute atomic E-state index is 0.198. The number of alkyl halides is 2. The molecule has 0 amide bonds. The van der Waals surface area contributed by atoms with Crippen LogP contribution in [0, 0.1) is 5.41 Å². The predicted molar refractivity (Wildman–Crippen MR) is 58.7 cm³/mol. The van der Waals surface area contributed by atoms with Gasteiger partial charge in [0, 0.05) is 17.2 Å². The van der Waals surface area contributed by atoms with Crippen LogP contribution in [0.25, 0.3) is 0 Å². The minimum Gasteiger partial charge on any atom is -0.493 e. The smallest absolute Gasteiger partial charge is 0.157 e. The molecule has 1 aliphatic rings. The molecule has 0 N–H and O–H groups in total. The van der Waals surface area contributed by atoms with Crippen LogP contribution in [0.4, 0.5) is 0 Å². The zero-order chi connectivity index (χ0) is 10.6. The standard InChI is InChI=1S/C10H14Cl2O2/c1-13-8-3-4-10(6-11,7-12)5-9(8)14-2/h3,5H,4,6-7H2,1-2H3. The first-order valence-corrected chi connectivity index (χ1v) is 5.41. The average molecular weight is 237 g/mol. The molecule has 0 fully saturated rings.